The standard InChI is InChI=1S/C19H25ClN2O4/c1-11(23)21-16-3-12-7-22(8-13(12)4-17(16)24-2)9-14-5-18-19(6-15(14)20)26-10-25-18/h5-6,12-13,16-17H,3-4,7-10H2,1-2H3,(H,21,23)/t12-,13+,16-,17-/m1/s1. The van der Waals surface area contributed by atoms with Crippen molar-refractivity contribution < 1.29 is 19.0 Å². The summed E-state index contributed by atoms with van der Waals surface area (Å²) in [6.07, 6.45) is 2.04. The summed E-state index contributed by atoms with van der Waals surface area (Å²) in [5, 5.41) is 3.78. The molecule has 4 rings (SSSR count). The van der Waals surface area contributed by atoms with Gasteiger partial charge in [-0.1, -0.05) is 11.6 Å². The Balaban J connectivity index is 1.43. The molecular weight excluding hydrogens is 356 g/mol. The highest BCUT2D eigenvalue weighted by Gasteiger charge is 2.42. The summed E-state index contributed by atoms with van der Waals surface area (Å²) in [7, 11) is 1.74. The van der Waals surface area contributed by atoms with Crippen molar-refractivity contribution in [2.24, 2.45) is 11.8 Å². The number of halogens is 1. The zero-order chi connectivity index (χ0) is 18.3. The van der Waals surface area contributed by atoms with Crippen LogP contribution < -0.4 is 14.8 Å². The highest BCUT2D eigenvalue weighted by molar-refractivity contribution is 6.31. The van der Waals surface area contributed by atoms with Crippen molar-refractivity contribution in [1.29, 1.82) is 0 Å². The third-order valence-electron chi connectivity index (χ3n) is 5.82. The van der Waals surface area contributed by atoms with Gasteiger partial charge in [0.05, 0.1) is 12.1 Å². The topological polar surface area (TPSA) is 60.0 Å². The van der Waals surface area contributed by atoms with Crippen LogP contribution in [0.15, 0.2) is 12.1 Å². The second-order valence-corrected chi connectivity index (χ2v) is 7.97. The number of ether oxygens (including phenoxy) is 3. The smallest absolute Gasteiger partial charge is 0.231 e. The van der Waals surface area contributed by atoms with Crippen molar-refractivity contribution >= 4 is 17.5 Å². The number of likely N-dealkylation sites (tertiary alicyclic amines) is 1. The lowest BCUT2D eigenvalue weighted by molar-refractivity contribution is -0.121. The van der Waals surface area contributed by atoms with Crippen LogP contribution in [-0.4, -0.2) is 49.9 Å². The molecule has 0 radical (unpaired) electrons. The molecular formula is C19H25ClN2O4. The first kappa shape index (κ1) is 17.9. The molecule has 1 N–H and O–H groups in total. The lowest BCUT2D eigenvalue weighted by Gasteiger charge is -2.37. The molecule has 4 atom stereocenters. The summed E-state index contributed by atoms with van der Waals surface area (Å²) in [6.45, 7) is 4.67. The van der Waals surface area contributed by atoms with E-state index in [1.807, 2.05) is 12.1 Å². The number of rotatable bonds is 4. The van der Waals surface area contributed by atoms with Crippen LogP contribution >= 0.6 is 11.6 Å². The number of amides is 1. The van der Waals surface area contributed by atoms with Gasteiger partial charge in [0.1, 0.15) is 0 Å². The van der Waals surface area contributed by atoms with Gasteiger partial charge in [0, 0.05) is 44.8 Å². The molecule has 7 heteroatoms. The van der Waals surface area contributed by atoms with E-state index in [-0.39, 0.29) is 24.8 Å². The Bertz CT molecular complexity index is 698. The van der Waals surface area contributed by atoms with Crippen LogP contribution in [0.25, 0.3) is 0 Å². The Morgan fingerprint density at radius 3 is 2.65 bits per heavy atom. The number of carbonyl (C=O) groups is 1. The number of fused-ring (bicyclic) bond motifs is 2. The van der Waals surface area contributed by atoms with E-state index in [2.05, 4.69) is 10.2 Å². The molecule has 0 aromatic heterocycles. The zero-order valence-electron chi connectivity index (χ0n) is 15.2. The number of hydrogen-bond donors (Lipinski definition) is 1. The average molecular weight is 381 g/mol. The molecule has 0 bridgehead atoms. The first-order chi connectivity index (χ1) is 12.5. The van der Waals surface area contributed by atoms with Crippen LogP contribution in [0.2, 0.25) is 5.02 Å². The van der Waals surface area contributed by atoms with Crippen molar-refractivity contribution in [3.05, 3.63) is 22.7 Å². The van der Waals surface area contributed by atoms with E-state index in [9.17, 15) is 4.79 Å². The van der Waals surface area contributed by atoms with Gasteiger partial charge in [0.25, 0.3) is 0 Å². The lowest BCUT2D eigenvalue weighted by Crippen LogP contribution is -2.49. The fourth-order valence-electron chi connectivity index (χ4n) is 4.63. The molecule has 1 aromatic rings. The van der Waals surface area contributed by atoms with E-state index >= 15 is 0 Å². The molecule has 1 saturated carbocycles. The number of nitrogens with zero attached hydrogens (tertiary/aromatic N) is 1. The van der Waals surface area contributed by atoms with Crippen molar-refractivity contribution in [2.45, 2.75) is 38.5 Å². The third kappa shape index (κ3) is 3.50. The van der Waals surface area contributed by atoms with E-state index in [4.69, 9.17) is 25.8 Å². The Morgan fingerprint density at radius 2 is 1.96 bits per heavy atom. The molecule has 3 aliphatic rings. The predicted octanol–water partition coefficient (Wildman–Crippen LogP) is 2.43. The summed E-state index contributed by atoms with van der Waals surface area (Å²) < 4.78 is 16.5. The van der Waals surface area contributed by atoms with Gasteiger partial charge in [0.2, 0.25) is 12.7 Å². The number of hydrogen-bond acceptors (Lipinski definition) is 5. The Morgan fingerprint density at radius 1 is 1.27 bits per heavy atom. The molecule has 2 heterocycles. The highest BCUT2D eigenvalue weighted by Crippen LogP contribution is 2.40. The average Bonchev–Trinajstić information content (AvgIpc) is 3.19. The van der Waals surface area contributed by atoms with E-state index in [1.165, 1.54) is 0 Å². The van der Waals surface area contributed by atoms with Crippen LogP contribution in [0.4, 0.5) is 0 Å². The van der Waals surface area contributed by atoms with E-state index in [0.29, 0.717) is 11.8 Å². The van der Waals surface area contributed by atoms with Crippen LogP contribution in [0.3, 0.4) is 0 Å². The van der Waals surface area contributed by atoms with Gasteiger partial charge in [0.15, 0.2) is 11.5 Å². The molecule has 142 valence electrons. The van der Waals surface area contributed by atoms with Crippen LogP contribution in [-0.2, 0) is 16.1 Å². The molecule has 6 nitrogen and oxygen atoms in total. The molecule has 0 spiro atoms. The second-order valence-electron chi connectivity index (χ2n) is 7.56. The van der Waals surface area contributed by atoms with Gasteiger partial charge in [-0.25, -0.2) is 0 Å². The minimum absolute atomic E-state index is 0.0116. The highest BCUT2D eigenvalue weighted by atomic mass is 35.5. The first-order valence-corrected chi connectivity index (χ1v) is 9.51. The monoisotopic (exact) mass is 380 g/mol. The SMILES string of the molecule is CO[C@@H]1C[C@H]2CN(Cc3cc4c(cc3Cl)OCO4)C[C@H]2C[C@H]1NC(C)=O. The third-order valence-corrected chi connectivity index (χ3v) is 6.17. The molecule has 1 saturated heterocycles. The predicted molar refractivity (Wildman–Crippen MR) is 97.5 cm³/mol. The first-order valence-electron chi connectivity index (χ1n) is 9.13. The lowest BCUT2D eigenvalue weighted by atomic mass is 9.77. The molecule has 0 unspecified atom stereocenters. The largest absolute Gasteiger partial charge is 0.454 e. The number of carbonyl (C=O) groups excluding carboxylic acids is 1. The van der Waals surface area contributed by atoms with Crippen molar-refractivity contribution in [3.8, 4) is 11.5 Å². The number of benzene rings is 1. The van der Waals surface area contributed by atoms with Crippen LogP contribution in [0.1, 0.15) is 25.3 Å². The molecule has 1 aromatic carbocycles. The molecule has 1 amide bonds. The van der Waals surface area contributed by atoms with Gasteiger partial charge in [-0.15, -0.1) is 0 Å². The van der Waals surface area contributed by atoms with Gasteiger partial charge in [-0.3, -0.25) is 9.69 Å². The summed E-state index contributed by atoms with van der Waals surface area (Å²) in [6, 6.07) is 3.94. The normalized spacial score (nSPS) is 30.3. The van der Waals surface area contributed by atoms with E-state index < -0.39 is 0 Å². The minimum atomic E-state index is 0.0116. The number of nitrogens with one attached hydrogen (secondary N) is 1. The maximum atomic E-state index is 11.5. The Hall–Kier alpha value is -1.50. The summed E-state index contributed by atoms with van der Waals surface area (Å²) >= 11 is 6.44. The second kappa shape index (κ2) is 7.25. The molecule has 2 fully saturated rings. The van der Waals surface area contributed by atoms with Gasteiger partial charge in [-0.2, -0.15) is 0 Å². The molecule has 2 aliphatic heterocycles. The Kier molecular flexibility index (Phi) is 4.99. The van der Waals surface area contributed by atoms with E-state index in [1.54, 1.807) is 14.0 Å². The zero-order valence-corrected chi connectivity index (χ0v) is 15.9. The van der Waals surface area contributed by atoms with Crippen LogP contribution in [0.5, 0.6) is 11.5 Å². The minimum Gasteiger partial charge on any atom is -0.454 e. The van der Waals surface area contributed by atoms with Gasteiger partial charge in [-0.05, 0) is 36.3 Å². The number of methoxy groups -OCH3 is 1. The fraction of sp³-hybridized carbons (Fsp3) is 0.632. The maximum Gasteiger partial charge on any atom is 0.231 e. The van der Waals surface area contributed by atoms with Crippen LogP contribution in [0, 0.1) is 11.8 Å². The fourth-order valence-corrected chi connectivity index (χ4v) is 4.85. The summed E-state index contributed by atoms with van der Waals surface area (Å²) in [4.78, 5) is 13.9. The maximum absolute atomic E-state index is 11.5. The van der Waals surface area contributed by atoms with Crippen molar-refractivity contribution in [3.63, 3.8) is 0 Å². The van der Waals surface area contributed by atoms with Crippen molar-refractivity contribution in [1.82, 2.24) is 10.2 Å². The van der Waals surface area contributed by atoms with Crippen molar-refractivity contribution in [2.75, 3.05) is 27.0 Å². The molecule has 1 aliphatic carbocycles. The summed E-state index contributed by atoms with van der Waals surface area (Å²) in [5.41, 5.74) is 1.07. The van der Waals surface area contributed by atoms with Gasteiger partial charge < -0.3 is 19.5 Å². The van der Waals surface area contributed by atoms with Gasteiger partial charge >= 0.3 is 0 Å². The quantitative estimate of drug-likeness (QED) is 0.869. The molecule has 26 heavy (non-hydrogen) atoms. The van der Waals surface area contributed by atoms with E-state index in [0.717, 1.165) is 54.6 Å². The Labute approximate surface area is 158 Å². The summed E-state index contributed by atoms with van der Waals surface area (Å²) in [5.74, 6) is 2.67.